The minimum atomic E-state index is 0.618. The fourth-order valence-electron chi connectivity index (χ4n) is 2.60. The van der Waals surface area contributed by atoms with Gasteiger partial charge in [0, 0.05) is 23.1 Å². The molecule has 0 aliphatic carbocycles. The van der Waals surface area contributed by atoms with Crippen molar-refractivity contribution in [2.45, 2.75) is 23.3 Å². The number of aryl methyl sites for hydroxylation is 2. The topological polar surface area (TPSA) is 43.8 Å². The Kier molecular flexibility index (Phi) is 4.84. The fourth-order valence-corrected chi connectivity index (χ4v) is 3.59. The van der Waals surface area contributed by atoms with Crippen LogP contribution < -0.4 is 5.73 Å². The summed E-state index contributed by atoms with van der Waals surface area (Å²) in [5.74, 6) is 0. The van der Waals surface area contributed by atoms with Gasteiger partial charge in [0.05, 0.1) is 5.69 Å². The predicted molar refractivity (Wildman–Crippen MR) is 96.7 cm³/mol. The van der Waals surface area contributed by atoms with Crippen molar-refractivity contribution < 1.29 is 0 Å². The highest BCUT2D eigenvalue weighted by molar-refractivity contribution is 7.99. The van der Waals surface area contributed by atoms with Crippen LogP contribution in [0.4, 0.5) is 0 Å². The fraction of sp³-hybridized carbons (Fsp3) is 0.211. The Balaban J connectivity index is 2.02. The molecule has 0 aliphatic rings. The van der Waals surface area contributed by atoms with Crippen molar-refractivity contribution in [3.63, 3.8) is 0 Å². The van der Waals surface area contributed by atoms with Crippen molar-refractivity contribution in [2.24, 2.45) is 12.8 Å². The van der Waals surface area contributed by atoms with Gasteiger partial charge in [-0.3, -0.25) is 4.68 Å². The van der Waals surface area contributed by atoms with Crippen molar-refractivity contribution in [1.82, 2.24) is 9.78 Å². The second-order valence-electron chi connectivity index (χ2n) is 5.58. The van der Waals surface area contributed by atoms with E-state index in [9.17, 15) is 0 Å². The highest BCUT2D eigenvalue weighted by atomic mass is 32.2. The summed E-state index contributed by atoms with van der Waals surface area (Å²) in [5, 5.41) is 5.92. The van der Waals surface area contributed by atoms with Gasteiger partial charge in [-0.25, -0.2) is 0 Å². The maximum atomic E-state index is 5.85. The monoisotopic (exact) mass is 323 g/mol. The van der Waals surface area contributed by atoms with E-state index in [1.165, 1.54) is 16.0 Å². The molecule has 3 aromatic rings. The molecule has 0 unspecified atom stereocenters. The molecule has 118 valence electrons. The first kappa shape index (κ1) is 15.8. The average Bonchev–Trinajstić information content (AvgIpc) is 2.87. The van der Waals surface area contributed by atoms with E-state index >= 15 is 0 Å². The standard InChI is InChI=1S/C19H21N3S/c1-14-8-10-16(11-9-14)23-19-17(12-13-20)18(21-22(19)2)15-6-4-3-5-7-15/h3-11H,12-13,20H2,1-2H3. The van der Waals surface area contributed by atoms with E-state index < -0.39 is 0 Å². The van der Waals surface area contributed by atoms with E-state index in [1.54, 1.807) is 11.8 Å². The molecule has 1 aromatic heterocycles. The Morgan fingerprint density at radius 2 is 1.74 bits per heavy atom. The van der Waals surface area contributed by atoms with Crippen molar-refractivity contribution in [2.75, 3.05) is 6.54 Å². The second kappa shape index (κ2) is 7.02. The van der Waals surface area contributed by atoms with E-state index in [4.69, 9.17) is 10.8 Å². The largest absolute Gasteiger partial charge is 0.330 e. The molecule has 0 saturated carbocycles. The number of aromatic nitrogens is 2. The molecule has 0 fully saturated rings. The highest BCUT2D eigenvalue weighted by Crippen LogP contribution is 2.35. The van der Waals surface area contributed by atoms with Gasteiger partial charge in [-0.15, -0.1) is 0 Å². The quantitative estimate of drug-likeness (QED) is 0.770. The molecule has 0 saturated heterocycles. The number of nitrogens with zero attached hydrogens (tertiary/aromatic N) is 2. The second-order valence-corrected chi connectivity index (χ2v) is 6.64. The first-order valence-corrected chi connectivity index (χ1v) is 8.56. The summed E-state index contributed by atoms with van der Waals surface area (Å²) >= 11 is 1.75. The number of rotatable bonds is 5. The highest BCUT2D eigenvalue weighted by Gasteiger charge is 2.17. The normalized spacial score (nSPS) is 10.9. The maximum absolute atomic E-state index is 5.85. The van der Waals surface area contributed by atoms with Crippen molar-refractivity contribution in [3.8, 4) is 11.3 Å². The van der Waals surface area contributed by atoms with E-state index in [1.807, 2.05) is 29.9 Å². The first-order valence-electron chi connectivity index (χ1n) is 7.75. The van der Waals surface area contributed by atoms with Crippen molar-refractivity contribution >= 4 is 11.8 Å². The summed E-state index contributed by atoms with van der Waals surface area (Å²) < 4.78 is 1.97. The molecule has 23 heavy (non-hydrogen) atoms. The molecule has 0 radical (unpaired) electrons. The molecule has 4 heteroatoms. The van der Waals surface area contributed by atoms with Crippen LogP contribution in [0.15, 0.2) is 64.5 Å². The number of nitrogens with two attached hydrogens (primary N) is 1. The summed E-state index contributed by atoms with van der Waals surface area (Å²) in [7, 11) is 2.00. The zero-order chi connectivity index (χ0) is 16.2. The lowest BCUT2D eigenvalue weighted by atomic mass is 10.1. The van der Waals surface area contributed by atoms with Crippen molar-refractivity contribution in [3.05, 3.63) is 65.7 Å². The number of hydrogen-bond donors (Lipinski definition) is 1. The molecule has 2 aromatic carbocycles. The molecule has 1 heterocycles. The Hall–Kier alpha value is -2.04. The van der Waals surface area contributed by atoms with Crippen LogP contribution in [-0.2, 0) is 13.5 Å². The third kappa shape index (κ3) is 3.49. The van der Waals surface area contributed by atoms with E-state index in [0.29, 0.717) is 6.54 Å². The van der Waals surface area contributed by atoms with Gasteiger partial charge in [0.1, 0.15) is 5.03 Å². The zero-order valence-electron chi connectivity index (χ0n) is 13.5. The molecular formula is C19H21N3S. The van der Waals surface area contributed by atoms with Gasteiger partial charge < -0.3 is 5.73 Å². The van der Waals surface area contributed by atoms with Crippen molar-refractivity contribution in [1.29, 1.82) is 0 Å². The van der Waals surface area contributed by atoms with E-state index in [-0.39, 0.29) is 0 Å². The van der Waals surface area contributed by atoms with Crippen LogP contribution in [0.3, 0.4) is 0 Å². The van der Waals surface area contributed by atoms with Crippen LogP contribution >= 0.6 is 11.8 Å². The van der Waals surface area contributed by atoms with Crippen LogP contribution in [0.2, 0.25) is 0 Å². The molecule has 0 atom stereocenters. The summed E-state index contributed by atoms with van der Waals surface area (Å²) in [6.45, 7) is 2.72. The van der Waals surface area contributed by atoms with Crippen LogP contribution in [-0.4, -0.2) is 16.3 Å². The van der Waals surface area contributed by atoms with Gasteiger partial charge in [-0.05, 0) is 32.0 Å². The Labute approximate surface area is 141 Å². The molecule has 2 N–H and O–H groups in total. The Morgan fingerprint density at radius 3 is 2.39 bits per heavy atom. The molecule has 0 amide bonds. The summed E-state index contributed by atoms with van der Waals surface area (Å²) in [4.78, 5) is 1.22. The zero-order valence-corrected chi connectivity index (χ0v) is 14.3. The van der Waals surface area contributed by atoms with Gasteiger partial charge >= 0.3 is 0 Å². The molecule has 3 rings (SSSR count). The molecule has 3 nitrogen and oxygen atoms in total. The Bertz CT molecular complexity index is 776. The van der Waals surface area contributed by atoms with Gasteiger partial charge in [-0.1, -0.05) is 59.8 Å². The third-order valence-electron chi connectivity index (χ3n) is 3.76. The van der Waals surface area contributed by atoms with Gasteiger partial charge in [-0.2, -0.15) is 5.10 Å². The molecular weight excluding hydrogens is 302 g/mol. The Morgan fingerprint density at radius 1 is 1.04 bits per heavy atom. The van der Waals surface area contributed by atoms with Crippen LogP contribution in [0.1, 0.15) is 11.1 Å². The minimum Gasteiger partial charge on any atom is -0.330 e. The molecule has 0 aliphatic heterocycles. The molecule has 0 bridgehead atoms. The molecule has 0 spiro atoms. The number of hydrogen-bond acceptors (Lipinski definition) is 3. The summed E-state index contributed by atoms with van der Waals surface area (Å²) in [6, 6.07) is 18.9. The SMILES string of the molecule is Cc1ccc(Sc2c(CCN)c(-c3ccccc3)nn2C)cc1. The van der Waals surface area contributed by atoms with Crippen LogP contribution in [0, 0.1) is 6.92 Å². The summed E-state index contributed by atoms with van der Waals surface area (Å²) in [5.41, 5.74) is 10.5. The van der Waals surface area contributed by atoms with E-state index in [2.05, 4.69) is 43.3 Å². The van der Waals surface area contributed by atoms with Crippen LogP contribution in [0.25, 0.3) is 11.3 Å². The predicted octanol–water partition coefficient (Wildman–Crippen LogP) is 4.05. The van der Waals surface area contributed by atoms with Gasteiger partial charge in [0.2, 0.25) is 0 Å². The maximum Gasteiger partial charge on any atom is 0.102 e. The lowest BCUT2D eigenvalue weighted by molar-refractivity contribution is 0.694. The average molecular weight is 323 g/mol. The lowest BCUT2D eigenvalue weighted by Crippen LogP contribution is -2.04. The lowest BCUT2D eigenvalue weighted by Gasteiger charge is -2.07. The van der Waals surface area contributed by atoms with Gasteiger partial charge in [0.15, 0.2) is 0 Å². The smallest absolute Gasteiger partial charge is 0.102 e. The van der Waals surface area contributed by atoms with E-state index in [0.717, 1.165) is 22.7 Å². The number of benzene rings is 2. The van der Waals surface area contributed by atoms with Crippen LogP contribution in [0.5, 0.6) is 0 Å². The minimum absolute atomic E-state index is 0.618. The third-order valence-corrected chi connectivity index (χ3v) is 4.98. The van der Waals surface area contributed by atoms with Gasteiger partial charge in [0.25, 0.3) is 0 Å². The first-order chi connectivity index (χ1) is 11.2. The summed E-state index contributed by atoms with van der Waals surface area (Å²) in [6.07, 6.45) is 0.826.